The molecule has 0 aliphatic rings. The fourth-order valence-corrected chi connectivity index (χ4v) is 2.23. The van der Waals surface area contributed by atoms with Gasteiger partial charge in [-0.3, -0.25) is 4.68 Å². The monoisotopic (exact) mass is 357 g/mol. The van der Waals surface area contributed by atoms with Gasteiger partial charge in [-0.15, -0.1) is 0 Å². The third-order valence-electron chi connectivity index (χ3n) is 2.73. The van der Waals surface area contributed by atoms with Crippen LogP contribution >= 0.6 is 27.5 Å². The van der Waals surface area contributed by atoms with Crippen molar-refractivity contribution in [2.75, 3.05) is 12.4 Å². The molecular formula is C13H13BrClN3O2. The van der Waals surface area contributed by atoms with Crippen LogP contribution in [0, 0.1) is 0 Å². The van der Waals surface area contributed by atoms with E-state index in [2.05, 4.69) is 26.3 Å². The summed E-state index contributed by atoms with van der Waals surface area (Å²) in [5.74, 6) is -0.385. The summed E-state index contributed by atoms with van der Waals surface area (Å²) in [6.07, 6.45) is 3.39. The van der Waals surface area contributed by atoms with E-state index in [4.69, 9.17) is 16.3 Å². The highest BCUT2D eigenvalue weighted by atomic mass is 79.9. The van der Waals surface area contributed by atoms with E-state index in [0.29, 0.717) is 5.02 Å². The fraction of sp³-hybridized carbons (Fsp3) is 0.231. The van der Waals surface area contributed by atoms with Gasteiger partial charge in [0.25, 0.3) is 0 Å². The molecule has 1 N–H and O–H groups in total. The molecule has 0 saturated heterocycles. The van der Waals surface area contributed by atoms with Gasteiger partial charge in [0.1, 0.15) is 0 Å². The molecule has 1 atom stereocenters. The highest BCUT2D eigenvalue weighted by Gasteiger charge is 2.22. The molecule has 1 aromatic heterocycles. The van der Waals surface area contributed by atoms with E-state index in [0.717, 1.165) is 15.7 Å². The number of carbonyl (C=O) groups excluding carboxylic acids is 1. The molecule has 1 unspecified atom stereocenters. The molecule has 5 nitrogen and oxygen atoms in total. The van der Waals surface area contributed by atoms with Gasteiger partial charge in [-0.05, 0) is 34.1 Å². The normalized spacial score (nSPS) is 12.0. The molecule has 1 heterocycles. The van der Waals surface area contributed by atoms with Crippen molar-refractivity contribution in [1.82, 2.24) is 9.78 Å². The maximum Gasteiger partial charge on any atom is 0.333 e. The largest absolute Gasteiger partial charge is 0.467 e. The zero-order valence-corrected chi connectivity index (χ0v) is 13.3. The number of esters is 1. The number of aryl methyl sites for hydroxylation is 1. The van der Waals surface area contributed by atoms with E-state index < -0.39 is 6.04 Å². The van der Waals surface area contributed by atoms with Crippen LogP contribution in [0.2, 0.25) is 5.02 Å². The Labute approximate surface area is 130 Å². The van der Waals surface area contributed by atoms with Gasteiger partial charge in [-0.2, -0.15) is 5.10 Å². The number of hydrogen-bond acceptors (Lipinski definition) is 4. The van der Waals surface area contributed by atoms with Crippen molar-refractivity contribution in [2.45, 2.75) is 6.04 Å². The first-order valence-electron chi connectivity index (χ1n) is 5.79. The lowest BCUT2D eigenvalue weighted by atomic mass is 10.1. The van der Waals surface area contributed by atoms with Crippen molar-refractivity contribution in [2.24, 2.45) is 7.05 Å². The van der Waals surface area contributed by atoms with Gasteiger partial charge < -0.3 is 10.1 Å². The summed E-state index contributed by atoms with van der Waals surface area (Å²) >= 11 is 9.29. The first kappa shape index (κ1) is 14.9. The van der Waals surface area contributed by atoms with Crippen LogP contribution in [0.25, 0.3) is 0 Å². The predicted molar refractivity (Wildman–Crippen MR) is 80.7 cm³/mol. The molecule has 0 spiro atoms. The summed E-state index contributed by atoms with van der Waals surface area (Å²) in [5, 5.41) is 7.78. The summed E-state index contributed by atoms with van der Waals surface area (Å²) in [7, 11) is 3.14. The molecular weight excluding hydrogens is 346 g/mol. The minimum absolute atomic E-state index is 0.385. The number of methoxy groups -OCH3 is 1. The van der Waals surface area contributed by atoms with Crippen LogP contribution in [0.4, 0.5) is 5.69 Å². The smallest absolute Gasteiger partial charge is 0.333 e. The number of ether oxygens (including phenoxy) is 1. The SMILES string of the molecule is COC(=O)C(Nc1ccc(Cl)c(Br)c1)c1cnn(C)c1. The van der Waals surface area contributed by atoms with Crippen molar-refractivity contribution < 1.29 is 9.53 Å². The van der Waals surface area contributed by atoms with Crippen molar-refractivity contribution in [3.8, 4) is 0 Å². The molecule has 106 valence electrons. The van der Waals surface area contributed by atoms with Gasteiger partial charge >= 0.3 is 5.97 Å². The average molecular weight is 359 g/mol. The number of halogens is 2. The van der Waals surface area contributed by atoms with Crippen LogP contribution in [-0.4, -0.2) is 22.9 Å². The van der Waals surface area contributed by atoms with Gasteiger partial charge in [0.15, 0.2) is 6.04 Å². The van der Waals surface area contributed by atoms with Crippen LogP contribution in [0.15, 0.2) is 35.1 Å². The van der Waals surface area contributed by atoms with Crippen LogP contribution in [-0.2, 0) is 16.6 Å². The van der Waals surface area contributed by atoms with E-state index in [-0.39, 0.29) is 5.97 Å². The maximum absolute atomic E-state index is 11.9. The standard InChI is InChI=1S/C13H13BrClN3O2/c1-18-7-8(6-16-18)12(13(19)20-2)17-9-3-4-11(15)10(14)5-9/h3-7,12,17H,1-2H3. The zero-order chi connectivity index (χ0) is 14.7. The Balaban J connectivity index is 2.28. The molecule has 2 rings (SSSR count). The molecule has 0 aliphatic carbocycles. The Hall–Kier alpha value is -1.53. The van der Waals surface area contributed by atoms with Gasteiger partial charge in [0.05, 0.1) is 18.3 Å². The summed E-state index contributed by atoms with van der Waals surface area (Å²) < 4.78 is 7.20. The molecule has 0 bridgehead atoms. The Morgan fingerprint density at radius 2 is 2.30 bits per heavy atom. The number of anilines is 1. The minimum Gasteiger partial charge on any atom is -0.467 e. The first-order chi connectivity index (χ1) is 9.51. The second-order valence-corrected chi connectivity index (χ2v) is 5.44. The van der Waals surface area contributed by atoms with E-state index in [1.165, 1.54) is 7.11 Å². The second-order valence-electron chi connectivity index (χ2n) is 4.18. The molecule has 0 amide bonds. The highest BCUT2D eigenvalue weighted by Crippen LogP contribution is 2.28. The van der Waals surface area contributed by atoms with E-state index in [9.17, 15) is 4.79 Å². The zero-order valence-electron chi connectivity index (χ0n) is 10.9. The van der Waals surface area contributed by atoms with Gasteiger partial charge in [0, 0.05) is 29.0 Å². The minimum atomic E-state index is -0.623. The third kappa shape index (κ3) is 3.32. The lowest BCUT2D eigenvalue weighted by molar-refractivity contribution is -0.141. The molecule has 0 fully saturated rings. The Morgan fingerprint density at radius 1 is 1.55 bits per heavy atom. The van der Waals surface area contributed by atoms with Crippen LogP contribution in [0.1, 0.15) is 11.6 Å². The van der Waals surface area contributed by atoms with Crippen LogP contribution in [0.5, 0.6) is 0 Å². The quantitative estimate of drug-likeness (QED) is 0.853. The maximum atomic E-state index is 11.9. The number of hydrogen-bond donors (Lipinski definition) is 1. The summed E-state index contributed by atoms with van der Waals surface area (Å²) in [5.41, 5.74) is 1.48. The summed E-state index contributed by atoms with van der Waals surface area (Å²) in [4.78, 5) is 11.9. The van der Waals surface area contributed by atoms with Crippen molar-refractivity contribution in [3.05, 3.63) is 45.7 Å². The Morgan fingerprint density at radius 3 is 2.85 bits per heavy atom. The van der Waals surface area contributed by atoms with Crippen LogP contribution in [0.3, 0.4) is 0 Å². The summed E-state index contributed by atoms with van der Waals surface area (Å²) in [6, 6.07) is 4.71. The van der Waals surface area contributed by atoms with E-state index in [1.807, 2.05) is 0 Å². The Kier molecular flexibility index (Phi) is 4.67. The predicted octanol–water partition coefficient (Wildman–Crippen LogP) is 3.16. The van der Waals surface area contributed by atoms with E-state index in [1.54, 1.807) is 42.3 Å². The number of nitrogens with one attached hydrogen (secondary N) is 1. The molecule has 0 aliphatic heterocycles. The average Bonchev–Trinajstić information content (AvgIpc) is 2.85. The molecule has 7 heteroatoms. The molecule has 0 saturated carbocycles. The topological polar surface area (TPSA) is 56.1 Å². The number of rotatable bonds is 4. The van der Waals surface area contributed by atoms with Crippen LogP contribution < -0.4 is 5.32 Å². The molecule has 2 aromatic rings. The lowest BCUT2D eigenvalue weighted by Crippen LogP contribution is -2.22. The van der Waals surface area contributed by atoms with Crippen molar-refractivity contribution >= 4 is 39.2 Å². The van der Waals surface area contributed by atoms with E-state index >= 15 is 0 Å². The molecule has 1 aromatic carbocycles. The second kappa shape index (κ2) is 6.28. The van der Waals surface area contributed by atoms with Gasteiger partial charge in [0.2, 0.25) is 0 Å². The Bertz CT molecular complexity index is 630. The fourth-order valence-electron chi connectivity index (χ4n) is 1.74. The van der Waals surface area contributed by atoms with Gasteiger partial charge in [-0.1, -0.05) is 11.6 Å². The molecule has 20 heavy (non-hydrogen) atoms. The number of benzene rings is 1. The van der Waals surface area contributed by atoms with Gasteiger partial charge in [-0.25, -0.2) is 4.79 Å². The lowest BCUT2D eigenvalue weighted by Gasteiger charge is -2.16. The molecule has 0 radical (unpaired) electrons. The number of aromatic nitrogens is 2. The van der Waals surface area contributed by atoms with Crippen molar-refractivity contribution in [1.29, 1.82) is 0 Å². The number of carbonyl (C=O) groups is 1. The summed E-state index contributed by atoms with van der Waals surface area (Å²) in [6.45, 7) is 0. The highest BCUT2D eigenvalue weighted by molar-refractivity contribution is 9.10. The third-order valence-corrected chi connectivity index (χ3v) is 3.94. The number of nitrogens with zero attached hydrogens (tertiary/aromatic N) is 2. The first-order valence-corrected chi connectivity index (χ1v) is 6.96. The van der Waals surface area contributed by atoms with Crippen molar-refractivity contribution in [3.63, 3.8) is 0 Å².